The number of anilines is 1. The molecule has 0 heterocycles. The number of aliphatic hydroxyl groups is 1. The number of halogens is 3. The zero-order chi connectivity index (χ0) is 13.1. The Morgan fingerprint density at radius 3 is 2.47 bits per heavy atom. The first-order valence-corrected chi connectivity index (χ1v) is 6.69. The topological polar surface area (TPSA) is 32.3 Å². The van der Waals surface area contributed by atoms with Crippen LogP contribution in [-0.2, 0) is 0 Å². The summed E-state index contributed by atoms with van der Waals surface area (Å²) in [6, 6.07) is 2.58. The molecule has 0 aromatic heterocycles. The second-order valence-electron chi connectivity index (χ2n) is 4.03. The minimum absolute atomic E-state index is 0.298. The summed E-state index contributed by atoms with van der Waals surface area (Å²) < 4.78 is 13.6. The van der Waals surface area contributed by atoms with Gasteiger partial charge in [0, 0.05) is 11.0 Å². The van der Waals surface area contributed by atoms with Crippen LogP contribution < -0.4 is 5.32 Å². The van der Waals surface area contributed by atoms with E-state index in [0.717, 1.165) is 0 Å². The highest BCUT2D eigenvalue weighted by molar-refractivity contribution is 9.10. The third-order valence-corrected chi connectivity index (χ3v) is 3.84. The molecule has 1 rings (SSSR count). The molecule has 5 heteroatoms. The fourth-order valence-corrected chi connectivity index (χ4v) is 2.42. The van der Waals surface area contributed by atoms with E-state index >= 15 is 0 Å². The summed E-state index contributed by atoms with van der Waals surface area (Å²) >= 11 is 9.18. The molecule has 1 aromatic rings. The van der Waals surface area contributed by atoms with Crippen molar-refractivity contribution in [3.63, 3.8) is 0 Å². The van der Waals surface area contributed by atoms with E-state index in [-0.39, 0.29) is 0 Å². The van der Waals surface area contributed by atoms with Crippen molar-refractivity contribution in [3.05, 3.63) is 27.4 Å². The van der Waals surface area contributed by atoms with Crippen LogP contribution in [0.25, 0.3) is 0 Å². The summed E-state index contributed by atoms with van der Waals surface area (Å²) in [5.74, 6) is -0.395. The maximum absolute atomic E-state index is 13.0. The summed E-state index contributed by atoms with van der Waals surface area (Å²) in [4.78, 5) is 0. The SMILES string of the molecule is CCC(O)(CC)CNc1c(Cl)cc(F)cc1Br. The van der Waals surface area contributed by atoms with Gasteiger partial charge >= 0.3 is 0 Å². The van der Waals surface area contributed by atoms with Crippen molar-refractivity contribution >= 4 is 33.2 Å². The van der Waals surface area contributed by atoms with E-state index in [1.807, 2.05) is 13.8 Å². The fourth-order valence-electron chi connectivity index (χ4n) is 1.46. The van der Waals surface area contributed by atoms with Crippen LogP contribution >= 0.6 is 27.5 Å². The lowest BCUT2D eigenvalue weighted by Gasteiger charge is -2.26. The highest BCUT2D eigenvalue weighted by atomic mass is 79.9. The molecule has 0 spiro atoms. The molecule has 0 saturated heterocycles. The van der Waals surface area contributed by atoms with E-state index in [2.05, 4.69) is 21.2 Å². The average molecular weight is 325 g/mol. The predicted molar refractivity (Wildman–Crippen MR) is 73.1 cm³/mol. The molecule has 17 heavy (non-hydrogen) atoms. The Balaban J connectivity index is 2.83. The van der Waals surface area contributed by atoms with E-state index < -0.39 is 11.4 Å². The minimum Gasteiger partial charge on any atom is -0.388 e. The zero-order valence-electron chi connectivity index (χ0n) is 9.86. The largest absolute Gasteiger partial charge is 0.388 e. The van der Waals surface area contributed by atoms with E-state index in [1.165, 1.54) is 12.1 Å². The quantitative estimate of drug-likeness (QED) is 0.850. The lowest BCUT2D eigenvalue weighted by Crippen LogP contribution is -2.35. The van der Waals surface area contributed by atoms with Gasteiger partial charge in [-0.1, -0.05) is 25.4 Å². The Kier molecular flexibility index (Phi) is 5.22. The minimum atomic E-state index is -0.767. The van der Waals surface area contributed by atoms with E-state index in [0.29, 0.717) is 34.6 Å². The lowest BCUT2D eigenvalue weighted by molar-refractivity contribution is 0.0457. The number of rotatable bonds is 5. The average Bonchev–Trinajstić information content (AvgIpc) is 2.27. The smallest absolute Gasteiger partial charge is 0.125 e. The van der Waals surface area contributed by atoms with Gasteiger partial charge in [-0.3, -0.25) is 0 Å². The number of nitrogens with one attached hydrogen (secondary N) is 1. The van der Waals surface area contributed by atoms with Gasteiger partial charge in [-0.2, -0.15) is 0 Å². The first-order valence-electron chi connectivity index (χ1n) is 5.52. The van der Waals surface area contributed by atoms with Crippen molar-refractivity contribution in [3.8, 4) is 0 Å². The molecule has 1 aromatic carbocycles. The predicted octanol–water partition coefficient (Wildman–Crippen LogP) is 4.20. The number of hydrogen-bond acceptors (Lipinski definition) is 2. The van der Waals surface area contributed by atoms with Crippen LogP contribution in [0.2, 0.25) is 5.02 Å². The first kappa shape index (κ1) is 14.7. The second kappa shape index (κ2) is 6.03. The molecule has 0 aliphatic rings. The van der Waals surface area contributed by atoms with Gasteiger partial charge in [-0.15, -0.1) is 0 Å². The second-order valence-corrected chi connectivity index (χ2v) is 5.29. The Morgan fingerprint density at radius 2 is 2.00 bits per heavy atom. The molecule has 0 aliphatic heterocycles. The molecular formula is C12H16BrClFNO. The van der Waals surface area contributed by atoms with Crippen LogP contribution in [0.4, 0.5) is 10.1 Å². The summed E-state index contributed by atoms with van der Waals surface area (Å²) in [7, 11) is 0. The molecule has 2 nitrogen and oxygen atoms in total. The molecule has 2 N–H and O–H groups in total. The van der Waals surface area contributed by atoms with Gasteiger partial charge in [0.15, 0.2) is 0 Å². The van der Waals surface area contributed by atoms with Gasteiger partial charge in [-0.05, 0) is 40.9 Å². The van der Waals surface area contributed by atoms with Crippen LogP contribution in [-0.4, -0.2) is 17.3 Å². The molecule has 0 amide bonds. The van der Waals surface area contributed by atoms with Gasteiger partial charge in [0.2, 0.25) is 0 Å². The number of hydrogen-bond donors (Lipinski definition) is 2. The van der Waals surface area contributed by atoms with Crippen molar-refractivity contribution in [2.24, 2.45) is 0 Å². The molecule has 0 bridgehead atoms. The highest BCUT2D eigenvalue weighted by Gasteiger charge is 2.22. The van der Waals surface area contributed by atoms with Crippen molar-refractivity contribution in [1.82, 2.24) is 0 Å². The van der Waals surface area contributed by atoms with Crippen LogP contribution in [0.1, 0.15) is 26.7 Å². The maximum atomic E-state index is 13.0. The number of benzene rings is 1. The van der Waals surface area contributed by atoms with Gasteiger partial charge in [-0.25, -0.2) is 4.39 Å². The Morgan fingerprint density at radius 1 is 1.41 bits per heavy atom. The summed E-state index contributed by atoms with van der Waals surface area (Å²) in [6.07, 6.45) is 1.29. The van der Waals surface area contributed by atoms with Crippen molar-refractivity contribution in [2.75, 3.05) is 11.9 Å². The van der Waals surface area contributed by atoms with Gasteiger partial charge in [0.25, 0.3) is 0 Å². The molecule has 0 atom stereocenters. The maximum Gasteiger partial charge on any atom is 0.125 e. The third kappa shape index (κ3) is 3.83. The van der Waals surface area contributed by atoms with Gasteiger partial charge in [0.05, 0.1) is 16.3 Å². The first-order chi connectivity index (χ1) is 7.91. The van der Waals surface area contributed by atoms with Crippen LogP contribution in [0.15, 0.2) is 16.6 Å². The van der Waals surface area contributed by atoms with E-state index in [4.69, 9.17) is 11.6 Å². The van der Waals surface area contributed by atoms with Crippen LogP contribution in [0.5, 0.6) is 0 Å². The van der Waals surface area contributed by atoms with Crippen molar-refractivity contribution in [2.45, 2.75) is 32.3 Å². The Hall–Kier alpha value is -0.320. The fraction of sp³-hybridized carbons (Fsp3) is 0.500. The molecule has 0 aliphatic carbocycles. The molecular weight excluding hydrogens is 308 g/mol. The van der Waals surface area contributed by atoms with Crippen LogP contribution in [0, 0.1) is 5.82 Å². The summed E-state index contributed by atoms with van der Waals surface area (Å²) in [5.41, 5.74) is -0.162. The lowest BCUT2D eigenvalue weighted by atomic mass is 9.97. The van der Waals surface area contributed by atoms with Gasteiger partial charge < -0.3 is 10.4 Å². The monoisotopic (exact) mass is 323 g/mol. The third-order valence-electron chi connectivity index (χ3n) is 2.92. The van der Waals surface area contributed by atoms with Crippen LogP contribution in [0.3, 0.4) is 0 Å². The normalized spacial score (nSPS) is 11.6. The molecule has 0 radical (unpaired) electrons. The summed E-state index contributed by atoms with van der Waals surface area (Å²) in [5, 5.41) is 13.5. The Labute approximate surface area is 114 Å². The van der Waals surface area contributed by atoms with E-state index in [9.17, 15) is 9.50 Å². The zero-order valence-corrected chi connectivity index (χ0v) is 12.2. The molecule has 0 fully saturated rings. The molecule has 0 saturated carbocycles. The van der Waals surface area contributed by atoms with E-state index in [1.54, 1.807) is 0 Å². The highest BCUT2D eigenvalue weighted by Crippen LogP contribution is 2.32. The molecule has 0 unspecified atom stereocenters. The van der Waals surface area contributed by atoms with Crippen molar-refractivity contribution in [1.29, 1.82) is 0 Å². The van der Waals surface area contributed by atoms with Crippen molar-refractivity contribution < 1.29 is 9.50 Å². The Bertz CT molecular complexity index is 373. The van der Waals surface area contributed by atoms with Gasteiger partial charge in [0.1, 0.15) is 5.82 Å². The summed E-state index contributed by atoms with van der Waals surface area (Å²) in [6.45, 7) is 4.23. The standard InChI is InChI=1S/C12H16BrClFNO/c1-3-12(17,4-2)7-16-11-9(13)5-8(15)6-10(11)14/h5-6,16-17H,3-4,7H2,1-2H3. The molecule has 96 valence electrons.